The van der Waals surface area contributed by atoms with Crippen molar-refractivity contribution >= 4 is 23.0 Å². The maximum absolute atomic E-state index is 12.0. The highest BCUT2D eigenvalue weighted by atomic mass is 32.1. The SMILES string of the molecule is CCOc1ccc(C(=O)NN=C(CC)c2cccs2)cc1. The zero-order valence-electron chi connectivity index (χ0n) is 12.1. The zero-order valence-corrected chi connectivity index (χ0v) is 12.9. The second kappa shape index (κ2) is 7.59. The zero-order chi connectivity index (χ0) is 15.1. The van der Waals surface area contributed by atoms with Gasteiger partial charge in [0.15, 0.2) is 0 Å². The molecule has 4 nitrogen and oxygen atoms in total. The number of carbonyl (C=O) groups excluding carboxylic acids is 1. The molecular weight excluding hydrogens is 284 g/mol. The lowest BCUT2D eigenvalue weighted by molar-refractivity contribution is 0.0955. The van der Waals surface area contributed by atoms with Crippen molar-refractivity contribution in [3.8, 4) is 5.75 Å². The molecule has 0 unspecified atom stereocenters. The molecule has 0 aliphatic rings. The van der Waals surface area contributed by atoms with Crippen molar-refractivity contribution in [2.45, 2.75) is 20.3 Å². The van der Waals surface area contributed by atoms with E-state index in [9.17, 15) is 4.79 Å². The van der Waals surface area contributed by atoms with Gasteiger partial charge in [-0.25, -0.2) is 5.43 Å². The topological polar surface area (TPSA) is 50.7 Å². The van der Waals surface area contributed by atoms with E-state index in [0.29, 0.717) is 12.2 Å². The summed E-state index contributed by atoms with van der Waals surface area (Å²) in [6.07, 6.45) is 0.768. The Hall–Kier alpha value is -2.14. The van der Waals surface area contributed by atoms with Crippen LogP contribution in [-0.2, 0) is 0 Å². The van der Waals surface area contributed by atoms with Crippen molar-refractivity contribution in [1.29, 1.82) is 0 Å². The number of nitrogens with zero attached hydrogens (tertiary/aromatic N) is 1. The second-order valence-electron chi connectivity index (χ2n) is 4.29. The van der Waals surface area contributed by atoms with Crippen LogP contribution < -0.4 is 10.2 Å². The Morgan fingerprint density at radius 3 is 2.57 bits per heavy atom. The molecule has 0 saturated carbocycles. The molecule has 0 atom stereocenters. The van der Waals surface area contributed by atoms with Gasteiger partial charge in [0.25, 0.3) is 5.91 Å². The Morgan fingerprint density at radius 2 is 2.00 bits per heavy atom. The molecule has 5 heteroatoms. The van der Waals surface area contributed by atoms with Gasteiger partial charge in [-0.2, -0.15) is 5.10 Å². The monoisotopic (exact) mass is 302 g/mol. The normalized spacial score (nSPS) is 11.2. The molecule has 0 spiro atoms. The van der Waals surface area contributed by atoms with E-state index in [1.54, 1.807) is 35.6 Å². The number of ether oxygens (including phenoxy) is 1. The average Bonchev–Trinajstić information content (AvgIpc) is 3.03. The molecule has 1 aromatic heterocycles. The fraction of sp³-hybridized carbons (Fsp3) is 0.250. The average molecular weight is 302 g/mol. The largest absolute Gasteiger partial charge is 0.494 e. The standard InChI is InChI=1S/C16H18N2O2S/c1-3-14(15-6-5-11-21-15)17-18-16(19)12-7-9-13(10-8-12)20-4-2/h5-11H,3-4H2,1-2H3,(H,18,19). The molecule has 0 bridgehead atoms. The van der Waals surface area contributed by atoms with Gasteiger partial charge in [-0.1, -0.05) is 13.0 Å². The highest BCUT2D eigenvalue weighted by Gasteiger charge is 2.07. The molecule has 110 valence electrons. The predicted octanol–water partition coefficient (Wildman–Crippen LogP) is 3.69. The Morgan fingerprint density at radius 1 is 1.24 bits per heavy atom. The van der Waals surface area contributed by atoms with Crippen molar-refractivity contribution in [3.63, 3.8) is 0 Å². The van der Waals surface area contributed by atoms with Crippen LogP contribution in [0.4, 0.5) is 0 Å². The summed E-state index contributed by atoms with van der Waals surface area (Å²) in [7, 11) is 0. The first-order chi connectivity index (χ1) is 10.2. The molecule has 1 heterocycles. The number of benzene rings is 1. The van der Waals surface area contributed by atoms with Crippen LogP contribution in [0.15, 0.2) is 46.9 Å². The van der Waals surface area contributed by atoms with Crippen molar-refractivity contribution in [1.82, 2.24) is 5.43 Å². The fourth-order valence-electron chi connectivity index (χ4n) is 1.80. The van der Waals surface area contributed by atoms with Crippen LogP contribution >= 0.6 is 11.3 Å². The number of rotatable bonds is 6. The van der Waals surface area contributed by atoms with E-state index >= 15 is 0 Å². The molecule has 1 amide bonds. The molecule has 0 aliphatic heterocycles. The Bertz CT molecular complexity index is 604. The maximum Gasteiger partial charge on any atom is 0.271 e. The molecule has 0 saturated heterocycles. The quantitative estimate of drug-likeness (QED) is 0.653. The third kappa shape index (κ3) is 4.16. The highest BCUT2D eigenvalue weighted by molar-refractivity contribution is 7.12. The molecule has 1 N–H and O–H groups in total. The maximum atomic E-state index is 12.0. The van der Waals surface area contributed by atoms with E-state index in [1.165, 1.54) is 0 Å². The first-order valence-electron chi connectivity index (χ1n) is 6.88. The molecule has 2 aromatic rings. The molecule has 1 aromatic carbocycles. The number of nitrogens with one attached hydrogen (secondary N) is 1. The van der Waals surface area contributed by atoms with Gasteiger partial charge >= 0.3 is 0 Å². The number of amides is 1. The lowest BCUT2D eigenvalue weighted by atomic mass is 10.2. The van der Waals surface area contributed by atoms with Crippen molar-refractivity contribution in [2.24, 2.45) is 5.10 Å². The van der Waals surface area contributed by atoms with Gasteiger partial charge < -0.3 is 4.74 Å². The third-order valence-corrected chi connectivity index (χ3v) is 3.78. The number of thiophene rings is 1. The van der Waals surface area contributed by atoms with Crippen LogP contribution in [0.5, 0.6) is 5.75 Å². The van der Waals surface area contributed by atoms with Gasteiger partial charge in [0.05, 0.1) is 17.2 Å². The van der Waals surface area contributed by atoms with Gasteiger partial charge in [0.1, 0.15) is 5.75 Å². The van der Waals surface area contributed by atoms with Gasteiger partial charge in [0, 0.05) is 5.56 Å². The van der Waals surface area contributed by atoms with Crippen molar-refractivity contribution < 1.29 is 9.53 Å². The van der Waals surface area contributed by atoms with E-state index in [0.717, 1.165) is 22.8 Å². The summed E-state index contributed by atoms with van der Waals surface area (Å²) < 4.78 is 5.35. The van der Waals surface area contributed by atoms with Gasteiger partial charge in [0.2, 0.25) is 0 Å². The van der Waals surface area contributed by atoms with Crippen molar-refractivity contribution in [2.75, 3.05) is 6.61 Å². The predicted molar refractivity (Wildman–Crippen MR) is 86.2 cm³/mol. The fourth-order valence-corrected chi connectivity index (χ4v) is 2.59. The smallest absolute Gasteiger partial charge is 0.271 e. The summed E-state index contributed by atoms with van der Waals surface area (Å²) in [5.74, 6) is 0.533. The van der Waals surface area contributed by atoms with Gasteiger partial charge in [-0.15, -0.1) is 11.3 Å². The van der Waals surface area contributed by atoms with Crippen LogP contribution in [0, 0.1) is 0 Å². The van der Waals surface area contributed by atoms with E-state index < -0.39 is 0 Å². The first kappa shape index (κ1) is 15.3. The van der Waals surface area contributed by atoms with E-state index in [4.69, 9.17) is 4.74 Å². The van der Waals surface area contributed by atoms with E-state index in [-0.39, 0.29) is 5.91 Å². The lowest BCUT2D eigenvalue weighted by Crippen LogP contribution is -2.19. The van der Waals surface area contributed by atoms with Gasteiger partial charge in [-0.3, -0.25) is 4.79 Å². The number of carbonyl (C=O) groups is 1. The minimum absolute atomic E-state index is 0.222. The highest BCUT2D eigenvalue weighted by Crippen LogP contribution is 2.13. The summed E-state index contributed by atoms with van der Waals surface area (Å²) in [5.41, 5.74) is 4.04. The van der Waals surface area contributed by atoms with Gasteiger partial charge in [-0.05, 0) is 49.1 Å². The Kier molecular flexibility index (Phi) is 5.51. The summed E-state index contributed by atoms with van der Waals surface area (Å²) in [4.78, 5) is 13.1. The van der Waals surface area contributed by atoms with Crippen molar-refractivity contribution in [3.05, 3.63) is 52.2 Å². The Balaban J connectivity index is 2.03. The van der Waals surface area contributed by atoms with Crippen LogP contribution in [0.25, 0.3) is 0 Å². The number of hydrogen-bond acceptors (Lipinski definition) is 4. The van der Waals surface area contributed by atoms with E-state index in [2.05, 4.69) is 10.5 Å². The number of hydrazone groups is 1. The molecule has 0 fully saturated rings. The molecule has 2 rings (SSSR count). The Labute approximate surface area is 128 Å². The molecular formula is C16H18N2O2S. The van der Waals surface area contributed by atoms with Crippen LogP contribution in [0.2, 0.25) is 0 Å². The minimum Gasteiger partial charge on any atom is -0.494 e. The lowest BCUT2D eigenvalue weighted by Gasteiger charge is -2.05. The van der Waals surface area contributed by atoms with Crippen LogP contribution in [0.1, 0.15) is 35.5 Å². The second-order valence-corrected chi connectivity index (χ2v) is 5.24. The molecule has 0 radical (unpaired) electrons. The molecule has 21 heavy (non-hydrogen) atoms. The summed E-state index contributed by atoms with van der Waals surface area (Å²) in [6.45, 7) is 4.55. The van der Waals surface area contributed by atoms with E-state index in [1.807, 2.05) is 31.4 Å². The van der Waals surface area contributed by atoms with Crippen LogP contribution in [-0.4, -0.2) is 18.2 Å². The summed E-state index contributed by atoms with van der Waals surface area (Å²) in [6, 6.07) is 11.0. The molecule has 0 aliphatic carbocycles. The summed E-state index contributed by atoms with van der Waals surface area (Å²) >= 11 is 1.61. The third-order valence-electron chi connectivity index (χ3n) is 2.86. The summed E-state index contributed by atoms with van der Waals surface area (Å²) in [5, 5.41) is 6.21. The van der Waals surface area contributed by atoms with Crippen LogP contribution in [0.3, 0.4) is 0 Å². The minimum atomic E-state index is -0.222. The first-order valence-corrected chi connectivity index (χ1v) is 7.76. The number of hydrogen-bond donors (Lipinski definition) is 1.